The van der Waals surface area contributed by atoms with E-state index in [1.54, 1.807) is 17.4 Å². The van der Waals surface area contributed by atoms with Gasteiger partial charge in [0.25, 0.3) is 0 Å². The van der Waals surface area contributed by atoms with Crippen LogP contribution in [-0.4, -0.2) is 33.7 Å². The normalized spacial score (nSPS) is 19.1. The van der Waals surface area contributed by atoms with Crippen LogP contribution in [0.1, 0.15) is 6.42 Å². The molecule has 0 spiro atoms. The van der Waals surface area contributed by atoms with Gasteiger partial charge in [-0.3, -0.25) is 4.79 Å². The Bertz CT molecular complexity index is 563. The molecule has 1 atom stereocenters. The van der Waals surface area contributed by atoms with Crippen LogP contribution in [0.4, 0.5) is 5.69 Å². The Balaban J connectivity index is 1.81. The quantitative estimate of drug-likeness (QED) is 0.899. The molecule has 1 amide bonds. The summed E-state index contributed by atoms with van der Waals surface area (Å²) >= 11 is 0. The topological polar surface area (TPSA) is 58.4 Å². The summed E-state index contributed by atoms with van der Waals surface area (Å²) in [5, 5.41) is 9.13. The van der Waals surface area contributed by atoms with Crippen LogP contribution in [0.3, 0.4) is 0 Å². The molecule has 19 heavy (non-hydrogen) atoms. The predicted octanol–water partition coefficient (Wildman–Crippen LogP) is 1.22. The molecule has 98 valence electrons. The second-order valence-electron chi connectivity index (χ2n) is 4.74. The first-order valence-corrected chi connectivity index (χ1v) is 6.27. The second kappa shape index (κ2) is 4.85. The molecule has 1 aliphatic rings. The number of nitrogens with zero attached hydrogens (tertiary/aromatic N) is 3. The van der Waals surface area contributed by atoms with Crippen molar-refractivity contribution in [2.45, 2.75) is 6.42 Å². The van der Waals surface area contributed by atoms with E-state index < -0.39 is 0 Å². The van der Waals surface area contributed by atoms with E-state index in [9.17, 15) is 4.79 Å². The molecule has 1 aromatic heterocycles. The Kier molecular flexibility index (Phi) is 3.05. The van der Waals surface area contributed by atoms with Gasteiger partial charge in [0.05, 0.1) is 6.33 Å². The molecule has 1 aromatic carbocycles. The molecule has 5 nitrogen and oxygen atoms in total. The number of aromatic nitrogens is 2. The maximum absolute atomic E-state index is 11.9. The summed E-state index contributed by atoms with van der Waals surface area (Å²) in [6.45, 7) is 0.662. The standard InChI is InChI=1S/C14H15N3O2/c18-9-11-7-14(19)17(8-11)13-3-1-12(2-4-13)16-6-5-15-10-16/h1-6,10-11,18H,7-9H2. The van der Waals surface area contributed by atoms with Gasteiger partial charge in [-0.1, -0.05) is 0 Å². The number of imidazole rings is 1. The van der Waals surface area contributed by atoms with Crippen LogP contribution in [0, 0.1) is 5.92 Å². The third kappa shape index (κ3) is 2.24. The van der Waals surface area contributed by atoms with Gasteiger partial charge in [0.1, 0.15) is 0 Å². The molecule has 1 saturated heterocycles. The highest BCUT2D eigenvalue weighted by Crippen LogP contribution is 2.25. The number of carbonyl (C=O) groups excluding carboxylic acids is 1. The molecule has 2 aromatic rings. The van der Waals surface area contributed by atoms with Crippen LogP contribution >= 0.6 is 0 Å². The molecule has 0 bridgehead atoms. The average molecular weight is 257 g/mol. The van der Waals surface area contributed by atoms with E-state index >= 15 is 0 Å². The van der Waals surface area contributed by atoms with Crippen LogP contribution in [0.5, 0.6) is 0 Å². The molecule has 3 rings (SSSR count). The van der Waals surface area contributed by atoms with Gasteiger partial charge in [0.2, 0.25) is 5.91 Å². The zero-order valence-electron chi connectivity index (χ0n) is 10.4. The van der Waals surface area contributed by atoms with Crippen LogP contribution in [-0.2, 0) is 4.79 Å². The van der Waals surface area contributed by atoms with E-state index in [-0.39, 0.29) is 18.4 Å². The molecule has 1 aliphatic heterocycles. The number of hydrogen-bond acceptors (Lipinski definition) is 3. The third-order valence-electron chi connectivity index (χ3n) is 3.43. The number of aliphatic hydroxyl groups excluding tert-OH is 1. The van der Waals surface area contributed by atoms with Gasteiger partial charge in [0, 0.05) is 49.3 Å². The van der Waals surface area contributed by atoms with Gasteiger partial charge >= 0.3 is 0 Å². The van der Waals surface area contributed by atoms with Gasteiger partial charge in [-0.2, -0.15) is 0 Å². The number of hydrogen-bond donors (Lipinski definition) is 1. The van der Waals surface area contributed by atoms with E-state index in [4.69, 9.17) is 5.11 Å². The Hall–Kier alpha value is -2.14. The molecule has 0 aliphatic carbocycles. The highest BCUT2D eigenvalue weighted by atomic mass is 16.3. The Labute approximate surface area is 111 Å². The second-order valence-corrected chi connectivity index (χ2v) is 4.74. The molecule has 1 unspecified atom stereocenters. The number of anilines is 1. The van der Waals surface area contributed by atoms with Gasteiger partial charge in [-0.05, 0) is 24.3 Å². The SMILES string of the molecule is O=C1CC(CO)CN1c1ccc(-n2ccnc2)cc1. The highest BCUT2D eigenvalue weighted by molar-refractivity contribution is 5.95. The van der Waals surface area contributed by atoms with Gasteiger partial charge in [0.15, 0.2) is 0 Å². The smallest absolute Gasteiger partial charge is 0.227 e. The molecule has 2 heterocycles. The first-order chi connectivity index (χ1) is 9.28. The summed E-state index contributed by atoms with van der Waals surface area (Å²) in [5.74, 6) is 0.134. The van der Waals surface area contributed by atoms with Crippen molar-refractivity contribution in [1.82, 2.24) is 9.55 Å². The molecule has 0 saturated carbocycles. The van der Waals surface area contributed by atoms with Crippen molar-refractivity contribution < 1.29 is 9.90 Å². The zero-order valence-corrected chi connectivity index (χ0v) is 10.4. The Morgan fingerprint density at radius 1 is 1.26 bits per heavy atom. The summed E-state index contributed by atoms with van der Waals surface area (Å²) in [7, 11) is 0. The number of aliphatic hydroxyl groups is 1. The lowest BCUT2D eigenvalue weighted by atomic mass is 10.1. The van der Waals surface area contributed by atoms with Gasteiger partial charge < -0.3 is 14.6 Å². The number of rotatable bonds is 3. The molecule has 1 N–H and O–H groups in total. The summed E-state index contributed by atoms with van der Waals surface area (Å²) in [4.78, 5) is 17.6. The van der Waals surface area contributed by atoms with E-state index in [1.165, 1.54) is 0 Å². The van der Waals surface area contributed by atoms with Crippen molar-refractivity contribution in [2.75, 3.05) is 18.1 Å². The summed E-state index contributed by atoms with van der Waals surface area (Å²) in [6.07, 6.45) is 5.76. The molecular weight excluding hydrogens is 242 g/mol. The lowest BCUT2D eigenvalue weighted by Gasteiger charge is -2.17. The molecular formula is C14H15N3O2. The number of benzene rings is 1. The first-order valence-electron chi connectivity index (χ1n) is 6.27. The maximum Gasteiger partial charge on any atom is 0.227 e. The fourth-order valence-electron chi connectivity index (χ4n) is 2.37. The van der Waals surface area contributed by atoms with Crippen molar-refractivity contribution in [3.63, 3.8) is 0 Å². The maximum atomic E-state index is 11.9. The molecule has 0 radical (unpaired) electrons. The van der Waals surface area contributed by atoms with Crippen molar-refractivity contribution in [3.8, 4) is 5.69 Å². The lowest BCUT2D eigenvalue weighted by molar-refractivity contribution is -0.117. The largest absolute Gasteiger partial charge is 0.396 e. The van der Waals surface area contributed by atoms with E-state index in [2.05, 4.69) is 4.98 Å². The minimum Gasteiger partial charge on any atom is -0.396 e. The highest BCUT2D eigenvalue weighted by Gasteiger charge is 2.29. The fraction of sp³-hybridized carbons (Fsp3) is 0.286. The zero-order chi connectivity index (χ0) is 13.2. The molecule has 5 heteroatoms. The molecule has 1 fully saturated rings. The van der Waals surface area contributed by atoms with E-state index in [0.29, 0.717) is 13.0 Å². The minimum atomic E-state index is 0.0563. The fourth-order valence-corrected chi connectivity index (χ4v) is 2.37. The summed E-state index contributed by atoms with van der Waals surface area (Å²) in [5.41, 5.74) is 1.89. The lowest BCUT2D eigenvalue weighted by Crippen LogP contribution is -2.24. The van der Waals surface area contributed by atoms with Crippen molar-refractivity contribution in [2.24, 2.45) is 5.92 Å². The van der Waals surface area contributed by atoms with Crippen LogP contribution < -0.4 is 4.90 Å². The van der Waals surface area contributed by atoms with Crippen molar-refractivity contribution in [1.29, 1.82) is 0 Å². The Morgan fingerprint density at radius 3 is 2.58 bits per heavy atom. The number of amides is 1. The summed E-state index contributed by atoms with van der Waals surface area (Å²) < 4.78 is 1.91. The van der Waals surface area contributed by atoms with Crippen LogP contribution in [0.25, 0.3) is 5.69 Å². The Morgan fingerprint density at radius 2 is 2.00 bits per heavy atom. The van der Waals surface area contributed by atoms with E-state index in [1.807, 2.05) is 35.0 Å². The first kappa shape index (κ1) is 11.9. The minimum absolute atomic E-state index is 0.0563. The number of carbonyl (C=O) groups is 1. The van der Waals surface area contributed by atoms with Crippen LogP contribution in [0.15, 0.2) is 43.0 Å². The third-order valence-corrected chi connectivity index (χ3v) is 3.43. The van der Waals surface area contributed by atoms with Crippen LogP contribution in [0.2, 0.25) is 0 Å². The predicted molar refractivity (Wildman–Crippen MR) is 71.1 cm³/mol. The van der Waals surface area contributed by atoms with E-state index in [0.717, 1.165) is 11.4 Å². The van der Waals surface area contributed by atoms with Gasteiger partial charge in [-0.15, -0.1) is 0 Å². The average Bonchev–Trinajstić information content (AvgIpc) is 3.08. The van der Waals surface area contributed by atoms with Crippen molar-refractivity contribution >= 4 is 11.6 Å². The van der Waals surface area contributed by atoms with Crippen molar-refractivity contribution in [3.05, 3.63) is 43.0 Å². The summed E-state index contributed by atoms with van der Waals surface area (Å²) in [6, 6.07) is 7.76. The van der Waals surface area contributed by atoms with Gasteiger partial charge in [-0.25, -0.2) is 4.98 Å². The monoisotopic (exact) mass is 257 g/mol.